The van der Waals surface area contributed by atoms with Crippen molar-refractivity contribution >= 4 is 18.2 Å². The molecule has 1 heterocycles. The van der Waals surface area contributed by atoms with Crippen LogP contribution in [0.5, 0.6) is 0 Å². The molecule has 0 saturated heterocycles. The average molecular weight is 377 g/mol. The van der Waals surface area contributed by atoms with Gasteiger partial charge in [0, 0.05) is 19.0 Å². The van der Waals surface area contributed by atoms with E-state index in [4.69, 9.17) is 5.90 Å². The van der Waals surface area contributed by atoms with Crippen molar-refractivity contribution in [3.8, 4) is 0 Å². The Morgan fingerprint density at radius 2 is 1.86 bits per heavy atom. The van der Waals surface area contributed by atoms with E-state index >= 15 is 0 Å². The van der Waals surface area contributed by atoms with Crippen LogP contribution in [0.3, 0.4) is 0 Å². The van der Waals surface area contributed by atoms with Crippen LogP contribution in [0.25, 0.3) is 0 Å². The zero-order valence-electron chi connectivity index (χ0n) is 15.0. The number of amides is 2. The zero-order chi connectivity index (χ0) is 19.8. The Morgan fingerprint density at radius 3 is 2.57 bits per heavy atom. The summed E-state index contributed by atoms with van der Waals surface area (Å²) in [6, 6.07) is 17.1. The molecule has 3 aromatic rings. The van der Waals surface area contributed by atoms with Crippen LogP contribution in [0.2, 0.25) is 0 Å². The predicted molar refractivity (Wildman–Crippen MR) is 104 cm³/mol. The van der Waals surface area contributed by atoms with E-state index in [-0.39, 0.29) is 5.91 Å². The van der Waals surface area contributed by atoms with E-state index in [1.165, 1.54) is 6.21 Å². The number of aromatic nitrogens is 2. The third-order valence-electron chi connectivity index (χ3n) is 3.94. The summed E-state index contributed by atoms with van der Waals surface area (Å²) in [6.07, 6.45) is 3.75. The molecule has 0 radical (unpaired) electrons. The first-order valence-electron chi connectivity index (χ1n) is 8.52. The Labute approximate surface area is 161 Å². The summed E-state index contributed by atoms with van der Waals surface area (Å²) in [5.41, 5.74) is 3.23. The Balaban J connectivity index is 1.53. The number of carbonyl (C=O) groups excluding carboxylic acids is 2. The molecule has 2 amide bonds. The number of rotatable bonds is 6. The summed E-state index contributed by atoms with van der Waals surface area (Å²) in [5, 5.41) is 7.09. The van der Waals surface area contributed by atoms with Gasteiger partial charge in [0.2, 0.25) is 0 Å². The van der Waals surface area contributed by atoms with Crippen LogP contribution < -0.4 is 11.2 Å². The van der Waals surface area contributed by atoms with Gasteiger partial charge in [0.05, 0.1) is 18.3 Å². The Morgan fingerprint density at radius 1 is 1.11 bits per heavy atom. The van der Waals surface area contributed by atoms with Gasteiger partial charge in [-0.15, -0.1) is 0 Å². The summed E-state index contributed by atoms with van der Waals surface area (Å²) in [7, 11) is 0. The van der Waals surface area contributed by atoms with Gasteiger partial charge in [-0.1, -0.05) is 54.6 Å². The molecule has 0 saturated carbocycles. The highest BCUT2D eigenvalue weighted by atomic mass is 16.7. The molecular weight excluding hydrogens is 358 g/mol. The summed E-state index contributed by atoms with van der Waals surface area (Å²) < 4.78 is 1.73. The fourth-order valence-corrected chi connectivity index (χ4v) is 2.50. The molecule has 8 nitrogen and oxygen atoms in total. The number of nitrogens with two attached hydrogens (primary N) is 1. The normalized spacial score (nSPS) is 10.8. The quantitative estimate of drug-likeness (QED) is 0.506. The van der Waals surface area contributed by atoms with Gasteiger partial charge < -0.3 is 10.2 Å². The molecule has 28 heavy (non-hydrogen) atoms. The highest BCUT2D eigenvalue weighted by molar-refractivity contribution is 5.93. The SMILES string of the molecule is NOC(=O)N=Cc1ccc(CNC(=O)c2cnn(Cc3ccccc3)c2)cc1. The summed E-state index contributed by atoms with van der Waals surface area (Å²) in [6.45, 7) is 0.972. The van der Waals surface area contributed by atoms with Gasteiger partial charge in [-0.05, 0) is 16.7 Å². The minimum Gasteiger partial charge on any atom is -0.355 e. The van der Waals surface area contributed by atoms with Crippen molar-refractivity contribution < 1.29 is 14.4 Å². The second-order valence-electron chi connectivity index (χ2n) is 5.98. The minimum absolute atomic E-state index is 0.198. The fourth-order valence-electron chi connectivity index (χ4n) is 2.50. The maximum absolute atomic E-state index is 12.3. The molecule has 0 bridgehead atoms. The minimum atomic E-state index is -0.871. The third-order valence-corrected chi connectivity index (χ3v) is 3.94. The van der Waals surface area contributed by atoms with Crippen molar-refractivity contribution in [1.82, 2.24) is 15.1 Å². The molecule has 142 valence electrons. The molecule has 0 spiro atoms. The van der Waals surface area contributed by atoms with Gasteiger partial charge in [0.25, 0.3) is 5.91 Å². The largest absolute Gasteiger partial charge is 0.452 e. The molecule has 0 fully saturated rings. The Kier molecular flexibility index (Phi) is 6.27. The molecule has 0 atom stereocenters. The molecule has 3 N–H and O–H groups in total. The molecule has 0 aliphatic carbocycles. The highest BCUT2D eigenvalue weighted by Gasteiger charge is 2.08. The molecule has 0 aliphatic rings. The van der Waals surface area contributed by atoms with E-state index in [9.17, 15) is 9.59 Å². The summed E-state index contributed by atoms with van der Waals surface area (Å²) in [5.74, 6) is 4.51. The van der Waals surface area contributed by atoms with E-state index in [1.54, 1.807) is 29.2 Å². The Bertz CT molecular complexity index is 965. The lowest BCUT2D eigenvalue weighted by Crippen LogP contribution is -2.22. The van der Waals surface area contributed by atoms with Gasteiger partial charge in [-0.25, -0.2) is 4.79 Å². The van der Waals surface area contributed by atoms with Crippen LogP contribution in [0.15, 0.2) is 72.0 Å². The molecule has 1 aromatic heterocycles. The Hall–Kier alpha value is -3.78. The van der Waals surface area contributed by atoms with Crippen molar-refractivity contribution in [3.63, 3.8) is 0 Å². The van der Waals surface area contributed by atoms with Crippen molar-refractivity contribution in [2.24, 2.45) is 10.9 Å². The number of aliphatic imine (C=N–C) groups is 1. The molecule has 2 aromatic carbocycles. The lowest BCUT2D eigenvalue weighted by molar-refractivity contribution is 0.0950. The number of nitrogens with one attached hydrogen (secondary N) is 1. The van der Waals surface area contributed by atoms with Gasteiger partial charge in [0.15, 0.2) is 0 Å². The first kappa shape index (κ1) is 19.0. The number of hydrogen-bond donors (Lipinski definition) is 2. The topological polar surface area (TPSA) is 112 Å². The van der Waals surface area contributed by atoms with E-state index in [2.05, 4.69) is 20.2 Å². The number of hydrogen-bond acceptors (Lipinski definition) is 5. The van der Waals surface area contributed by atoms with Crippen molar-refractivity contribution in [3.05, 3.63) is 89.2 Å². The summed E-state index contributed by atoms with van der Waals surface area (Å²) in [4.78, 5) is 30.6. The van der Waals surface area contributed by atoms with E-state index in [1.807, 2.05) is 42.5 Å². The molecule has 8 heteroatoms. The van der Waals surface area contributed by atoms with Crippen molar-refractivity contribution in [2.75, 3.05) is 0 Å². The van der Waals surface area contributed by atoms with E-state index < -0.39 is 6.09 Å². The van der Waals surface area contributed by atoms with Crippen LogP contribution in [-0.2, 0) is 17.9 Å². The van der Waals surface area contributed by atoms with Crippen LogP contribution in [0, 0.1) is 0 Å². The summed E-state index contributed by atoms with van der Waals surface area (Å²) >= 11 is 0. The van der Waals surface area contributed by atoms with Gasteiger partial charge >= 0.3 is 6.09 Å². The number of nitrogens with zero attached hydrogens (tertiary/aromatic N) is 3. The fraction of sp³-hybridized carbons (Fsp3) is 0.100. The first-order chi connectivity index (χ1) is 13.6. The zero-order valence-corrected chi connectivity index (χ0v) is 15.0. The number of carbonyl (C=O) groups is 2. The molecular formula is C20H19N5O3. The monoisotopic (exact) mass is 377 g/mol. The lowest BCUT2D eigenvalue weighted by atomic mass is 10.1. The lowest BCUT2D eigenvalue weighted by Gasteiger charge is -2.04. The average Bonchev–Trinajstić information content (AvgIpc) is 3.20. The van der Waals surface area contributed by atoms with Gasteiger partial charge in [-0.2, -0.15) is 16.0 Å². The van der Waals surface area contributed by atoms with Crippen LogP contribution in [-0.4, -0.2) is 28.0 Å². The maximum Gasteiger partial charge on any atom is 0.452 e. The van der Waals surface area contributed by atoms with Gasteiger partial charge in [0.1, 0.15) is 0 Å². The molecule has 0 unspecified atom stereocenters. The smallest absolute Gasteiger partial charge is 0.355 e. The second kappa shape index (κ2) is 9.24. The van der Waals surface area contributed by atoms with E-state index in [0.29, 0.717) is 24.2 Å². The van der Waals surface area contributed by atoms with Crippen molar-refractivity contribution in [1.29, 1.82) is 0 Å². The highest BCUT2D eigenvalue weighted by Crippen LogP contribution is 2.06. The van der Waals surface area contributed by atoms with Crippen LogP contribution in [0.4, 0.5) is 4.79 Å². The first-order valence-corrected chi connectivity index (χ1v) is 8.52. The second-order valence-corrected chi connectivity index (χ2v) is 5.98. The maximum atomic E-state index is 12.3. The van der Waals surface area contributed by atoms with Crippen LogP contribution >= 0.6 is 0 Å². The third kappa shape index (κ3) is 5.36. The van der Waals surface area contributed by atoms with Crippen LogP contribution in [0.1, 0.15) is 27.0 Å². The predicted octanol–water partition coefficient (Wildman–Crippen LogP) is 2.29. The molecule has 0 aliphatic heterocycles. The van der Waals surface area contributed by atoms with Gasteiger partial charge in [-0.3, -0.25) is 9.48 Å². The number of benzene rings is 2. The molecule has 3 rings (SSSR count). The standard InChI is InChI=1S/C20H19N5O3/c21-28-20(27)23-11-16-8-6-15(7-9-16)10-22-19(26)18-12-24-25(14-18)13-17-4-2-1-3-5-17/h1-9,11-12,14H,10,13,21H2,(H,22,26). The van der Waals surface area contributed by atoms with Crippen molar-refractivity contribution in [2.45, 2.75) is 13.1 Å². The van der Waals surface area contributed by atoms with E-state index in [0.717, 1.165) is 11.1 Å².